The Hall–Kier alpha value is -1.38. The summed E-state index contributed by atoms with van der Waals surface area (Å²) >= 11 is 0. The van der Waals surface area contributed by atoms with Gasteiger partial charge >= 0.3 is 0 Å². The largest absolute Gasteiger partial charge is 0.491 e. The lowest BCUT2D eigenvalue weighted by molar-refractivity contribution is 0.308. The van der Waals surface area contributed by atoms with Crippen LogP contribution in [0.25, 0.3) is 0 Å². The Morgan fingerprint density at radius 2 is 1.04 bits per heavy atom. The first-order valence-corrected chi connectivity index (χ1v) is 11.9. The van der Waals surface area contributed by atoms with Gasteiger partial charge in [-0.05, 0) is 24.6 Å². The van der Waals surface area contributed by atoms with Crippen molar-refractivity contribution in [1.82, 2.24) is 0 Å². The van der Waals surface area contributed by atoms with Crippen LogP contribution in [0, 0.1) is 0 Å². The fourth-order valence-corrected chi connectivity index (χ4v) is 3.15. The number of nitrogen functional groups attached to an aromatic ring is 2. The average molecular weight is 393 g/mol. The molecule has 164 valence electrons. The highest BCUT2D eigenvalue weighted by atomic mass is 16.5. The van der Waals surface area contributed by atoms with Gasteiger partial charge in [0.1, 0.15) is 5.75 Å². The molecule has 0 saturated carbocycles. The van der Waals surface area contributed by atoms with Gasteiger partial charge in [0.25, 0.3) is 0 Å². The summed E-state index contributed by atoms with van der Waals surface area (Å²) in [5.41, 5.74) is 12.6. The van der Waals surface area contributed by atoms with Crippen molar-refractivity contribution in [3.05, 3.63) is 18.2 Å². The third-order valence-corrected chi connectivity index (χ3v) is 5.00. The maximum Gasteiger partial charge on any atom is 0.142 e. The molecule has 0 aliphatic heterocycles. The summed E-state index contributed by atoms with van der Waals surface area (Å²) in [4.78, 5) is 0. The van der Waals surface area contributed by atoms with Crippen molar-refractivity contribution >= 4 is 11.4 Å². The zero-order chi connectivity index (χ0) is 20.9. The fourth-order valence-electron chi connectivity index (χ4n) is 3.15. The van der Waals surface area contributed by atoms with Gasteiger partial charge in [0.05, 0.1) is 12.3 Å². The topological polar surface area (TPSA) is 61.3 Å². The molecule has 0 atom stereocenters. The van der Waals surface area contributed by atoms with Crippen LogP contribution in [0.2, 0.25) is 0 Å². The molecule has 1 aromatic carbocycles. The molecule has 0 aliphatic rings. The highest BCUT2D eigenvalue weighted by molar-refractivity contribution is 5.60. The molecule has 0 radical (unpaired) electrons. The molecule has 1 aromatic rings. The van der Waals surface area contributed by atoms with E-state index in [1.807, 2.05) is 6.07 Å². The quantitative estimate of drug-likeness (QED) is 0.220. The van der Waals surface area contributed by atoms with E-state index in [2.05, 4.69) is 20.8 Å². The minimum absolute atomic E-state index is 0.612. The van der Waals surface area contributed by atoms with E-state index >= 15 is 0 Å². The second-order valence-corrected chi connectivity index (χ2v) is 7.89. The first-order valence-electron chi connectivity index (χ1n) is 11.9. The molecular formula is C25H48N2O. The van der Waals surface area contributed by atoms with Crippen molar-refractivity contribution in [2.24, 2.45) is 0 Å². The Balaban J connectivity index is 0.000000521. The van der Waals surface area contributed by atoms with Gasteiger partial charge in [-0.3, -0.25) is 0 Å². The van der Waals surface area contributed by atoms with E-state index in [-0.39, 0.29) is 0 Å². The van der Waals surface area contributed by atoms with Crippen LogP contribution in [0.15, 0.2) is 18.2 Å². The zero-order valence-electron chi connectivity index (χ0n) is 19.1. The van der Waals surface area contributed by atoms with Crippen molar-refractivity contribution in [3.8, 4) is 5.75 Å². The molecule has 0 bridgehead atoms. The predicted octanol–water partition coefficient (Wildman–Crippen LogP) is 8.13. The number of benzene rings is 1. The molecule has 3 heteroatoms. The molecule has 0 heterocycles. The lowest BCUT2D eigenvalue weighted by atomic mass is 10.1. The maximum atomic E-state index is 5.73. The van der Waals surface area contributed by atoms with E-state index in [0.717, 1.165) is 18.8 Å². The summed E-state index contributed by atoms with van der Waals surface area (Å²) in [7, 11) is 0. The van der Waals surface area contributed by atoms with E-state index in [1.165, 1.54) is 89.9 Å². The molecule has 3 nitrogen and oxygen atoms in total. The monoisotopic (exact) mass is 392 g/mol. The lowest BCUT2D eigenvalue weighted by Crippen LogP contribution is -2.00. The van der Waals surface area contributed by atoms with Crippen molar-refractivity contribution in [2.45, 2.75) is 117 Å². The molecule has 4 N–H and O–H groups in total. The van der Waals surface area contributed by atoms with Crippen molar-refractivity contribution in [3.63, 3.8) is 0 Å². The van der Waals surface area contributed by atoms with Crippen LogP contribution in [-0.2, 0) is 0 Å². The molecule has 0 fully saturated rings. The minimum Gasteiger partial charge on any atom is -0.491 e. The van der Waals surface area contributed by atoms with Crippen molar-refractivity contribution < 1.29 is 4.74 Å². The second kappa shape index (κ2) is 20.4. The van der Waals surface area contributed by atoms with Crippen LogP contribution >= 0.6 is 0 Å². The third kappa shape index (κ3) is 16.8. The fraction of sp³-hybridized carbons (Fsp3) is 0.760. The van der Waals surface area contributed by atoms with Gasteiger partial charge in [-0.1, -0.05) is 111 Å². The number of hydrogen-bond acceptors (Lipinski definition) is 3. The number of hydrogen-bond donors (Lipinski definition) is 2. The Morgan fingerprint density at radius 3 is 1.46 bits per heavy atom. The van der Waals surface area contributed by atoms with Crippen molar-refractivity contribution in [1.29, 1.82) is 0 Å². The Labute approximate surface area is 175 Å². The number of ether oxygens (including phenoxy) is 1. The van der Waals surface area contributed by atoms with Gasteiger partial charge in [-0.2, -0.15) is 0 Å². The normalized spacial score (nSPS) is 10.4. The van der Waals surface area contributed by atoms with Crippen LogP contribution in [0.1, 0.15) is 117 Å². The molecule has 0 spiro atoms. The zero-order valence-corrected chi connectivity index (χ0v) is 19.1. The van der Waals surface area contributed by atoms with Crippen molar-refractivity contribution in [2.75, 3.05) is 18.1 Å². The number of nitrogens with two attached hydrogens (primary N) is 2. The van der Waals surface area contributed by atoms with E-state index in [4.69, 9.17) is 16.2 Å². The first kappa shape index (κ1) is 26.6. The third-order valence-electron chi connectivity index (χ3n) is 5.00. The Kier molecular flexibility index (Phi) is 19.4. The Morgan fingerprint density at radius 1 is 0.607 bits per heavy atom. The lowest BCUT2D eigenvalue weighted by Gasteiger charge is -2.08. The van der Waals surface area contributed by atoms with E-state index in [1.54, 1.807) is 12.1 Å². The van der Waals surface area contributed by atoms with Gasteiger partial charge in [0.15, 0.2) is 0 Å². The standard InChI is InChI=1S/C14H30.C11H18N2O/c1-3-5-7-9-11-13-14-12-10-8-6-4-2;1-2-3-4-7-14-11-6-5-9(12)8-10(11)13/h3-14H2,1-2H3;5-6,8H,2-4,7,12-13H2,1H3. The van der Waals surface area contributed by atoms with Crippen LogP contribution in [0.4, 0.5) is 11.4 Å². The number of unbranched alkanes of at least 4 members (excludes halogenated alkanes) is 13. The molecule has 0 aromatic heterocycles. The van der Waals surface area contributed by atoms with Gasteiger partial charge in [0, 0.05) is 5.69 Å². The minimum atomic E-state index is 0.612. The summed E-state index contributed by atoms with van der Waals surface area (Å²) in [6.07, 6.45) is 20.9. The van der Waals surface area contributed by atoms with Gasteiger partial charge in [-0.15, -0.1) is 0 Å². The summed E-state index contributed by atoms with van der Waals surface area (Å²) < 4.78 is 5.51. The van der Waals surface area contributed by atoms with Crippen LogP contribution in [0.3, 0.4) is 0 Å². The van der Waals surface area contributed by atoms with Crippen LogP contribution < -0.4 is 16.2 Å². The number of anilines is 2. The summed E-state index contributed by atoms with van der Waals surface area (Å²) in [6, 6.07) is 5.33. The molecule has 0 aliphatic carbocycles. The Bertz CT molecular complexity index is 436. The number of rotatable bonds is 16. The second-order valence-electron chi connectivity index (χ2n) is 7.89. The van der Waals surface area contributed by atoms with Crippen LogP contribution in [0.5, 0.6) is 5.75 Å². The summed E-state index contributed by atoms with van der Waals surface area (Å²) in [6.45, 7) is 7.46. The van der Waals surface area contributed by atoms with E-state index in [0.29, 0.717) is 11.4 Å². The summed E-state index contributed by atoms with van der Waals surface area (Å²) in [5.74, 6) is 0.732. The summed E-state index contributed by atoms with van der Waals surface area (Å²) in [5, 5.41) is 0. The molecule has 0 amide bonds. The molecule has 0 unspecified atom stereocenters. The molecule has 28 heavy (non-hydrogen) atoms. The van der Waals surface area contributed by atoms with Gasteiger partial charge in [0.2, 0.25) is 0 Å². The van der Waals surface area contributed by atoms with Crippen LogP contribution in [-0.4, -0.2) is 6.61 Å². The molecule has 0 saturated heterocycles. The van der Waals surface area contributed by atoms with Gasteiger partial charge < -0.3 is 16.2 Å². The van der Waals surface area contributed by atoms with E-state index in [9.17, 15) is 0 Å². The smallest absolute Gasteiger partial charge is 0.142 e. The average Bonchev–Trinajstić information content (AvgIpc) is 2.69. The SMILES string of the molecule is CCCCCCCCCCCCCC.CCCCCOc1ccc(N)cc1N. The maximum absolute atomic E-state index is 5.73. The van der Waals surface area contributed by atoms with Gasteiger partial charge in [-0.25, -0.2) is 0 Å². The van der Waals surface area contributed by atoms with E-state index < -0.39 is 0 Å². The highest BCUT2D eigenvalue weighted by Crippen LogP contribution is 2.23. The highest BCUT2D eigenvalue weighted by Gasteiger charge is 1.99. The molecule has 1 rings (SSSR count). The first-order chi connectivity index (χ1) is 13.7. The molecular weight excluding hydrogens is 344 g/mol. The predicted molar refractivity (Wildman–Crippen MR) is 127 cm³/mol.